The maximum Gasteiger partial charge on any atom is 0.490 e. The van der Waals surface area contributed by atoms with E-state index in [9.17, 15) is 38.5 Å². The minimum Gasteiger partial charge on any atom is -0.387 e. The van der Waals surface area contributed by atoms with Crippen molar-refractivity contribution in [3.05, 3.63) is 51.7 Å². The average Bonchev–Trinajstić information content (AvgIpc) is 2.99. The van der Waals surface area contributed by atoms with Gasteiger partial charge in [-0.15, -0.1) is 0 Å². The fourth-order valence-electron chi connectivity index (χ4n) is 3.07. The molecule has 0 bridgehead atoms. The highest BCUT2D eigenvalue weighted by atomic mass is 32.1. The quantitative estimate of drug-likeness (QED) is 0.159. The van der Waals surface area contributed by atoms with E-state index in [0.717, 1.165) is 4.57 Å². The molecule has 6 atom stereocenters. The van der Waals surface area contributed by atoms with Crippen LogP contribution in [0.25, 0.3) is 11.1 Å². The van der Waals surface area contributed by atoms with Gasteiger partial charge in [-0.05, 0) is 17.8 Å². The van der Waals surface area contributed by atoms with Gasteiger partial charge < -0.3 is 34.5 Å². The third-order valence-electron chi connectivity index (χ3n) is 4.48. The van der Waals surface area contributed by atoms with Crippen molar-refractivity contribution in [2.75, 3.05) is 6.61 Å². The van der Waals surface area contributed by atoms with Crippen LogP contribution in [0.3, 0.4) is 0 Å². The monoisotopic (exact) mass is 576 g/mol. The summed E-state index contributed by atoms with van der Waals surface area (Å²) in [6.07, 6.45) is -5.05. The van der Waals surface area contributed by atoms with Crippen LogP contribution < -0.4 is 5.56 Å². The minimum atomic E-state index is -5.74. The van der Waals surface area contributed by atoms with E-state index < -0.39 is 60.2 Å². The second-order valence-corrected chi connectivity index (χ2v) is 11.8. The number of phosphoric acid groups is 3. The van der Waals surface area contributed by atoms with Crippen LogP contribution in [0.4, 0.5) is 0 Å². The molecule has 1 aromatic heterocycles. The van der Waals surface area contributed by atoms with Crippen LogP contribution in [0, 0.1) is 4.77 Å². The largest absolute Gasteiger partial charge is 0.490 e. The number of phosphoric ester groups is 1. The Kier molecular flexibility index (Phi) is 8.49. The topological polar surface area (TPSA) is 247 Å². The SMILES string of the molecule is O=c1[nH]c(=S)n([C@@H]2O[C@H](COP(=O)(O)OP(=O)(O)OP(=O)(O)O)[C@@H](O)[C@H]2O)cc1-c1ccccc1. The first-order chi connectivity index (χ1) is 16.1. The molecule has 0 amide bonds. The number of aromatic amines is 1. The van der Waals surface area contributed by atoms with Gasteiger partial charge in [-0.1, -0.05) is 30.3 Å². The third kappa shape index (κ3) is 7.32. The van der Waals surface area contributed by atoms with Gasteiger partial charge in [0.25, 0.3) is 5.56 Å². The number of aliphatic hydroxyl groups excluding tert-OH is 2. The number of rotatable bonds is 9. The Balaban J connectivity index is 1.77. The predicted molar refractivity (Wildman–Crippen MR) is 117 cm³/mol. The van der Waals surface area contributed by atoms with E-state index in [4.69, 9.17) is 26.7 Å². The van der Waals surface area contributed by atoms with Gasteiger partial charge in [0.15, 0.2) is 11.0 Å². The first kappa shape index (κ1) is 28.2. The van der Waals surface area contributed by atoms with Crippen LogP contribution in [-0.2, 0) is 31.6 Å². The van der Waals surface area contributed by atoms with E-state index >= 15 is 0 Å². The number of aliphatic hydroxyl groups is 2. The van der Waals surface area contributed by atoms with Crippen LogP contribution in [0.15, 0.2) is 41.3 Å². The zero-order valence-electron chi connectivity index (χ0n) is 17.1. The van der Waals surface area contributed by atoms with Gasteiger partial charge in [0.2, 0.25) is 0 Å². The lowest BCUT2D eigenvalue weighted by Gasteiger charge is -2.20. The molecule has 16 nitrogen and oxygen atoms in total. The molecule has 1 aromatic carbocycles. The minimum absolute atomic E-state index is 0.154. The molecule has 3 rings (SSSR count). The summed E-state index contributed by atoms with van der Waals surface area (Å²) >= 11 is 5.11. The molecule has 2 heterocycles. The molecule has 0 radical (unpaired) electrons. The lowest BCUT2D eigenvalue weighted by molar-refractivity contribution is -0.0532. The van der Waals surface area contributed by atoms with E-state index in [1.807, 2.05) is 0 Å². The summed E-state index contributed by atoms with van der Waals surface area (Å²) in [7, 11) is -16.8. The second-order valence-electron chi connectivity index (χ2n) is 7.01. The number of aromatic nitrogens is 2. The van der Waals surface area contributed by atoms with Crippen molar-refractivity contribution < 1.29 is 61.4 Å². The van der Waals surface area contributed by atoms with E-state index in [1.54, 1.807) is 30.3 Å². The number of H-pyrrole nitrogens is 1. The summed E-state index contributed by atoms with van der Waals surface area (Å²) < 4.78 is 52.0. The van der Waals surface area contributed by atoms with Gasteiger partial charge in [-0.3, -0.25) is 18.9 Å². The Labute approximate surface area is 200 Å². The molecule has 0 aliphatic carbocycles. The molecule has 194 valence electrons. The summed E-state index contributed by atoms with van der Waals surface area (Å²) in [5.74, 6) is 0. The smallest absolute Gasteiger partial charge is 0.387 e. The fourth-order valence-corrected chi connectivity index (χ4v) is 6.34. The Morgan fingerprint density at radius 3 is 2.23 bits per heavy atom. The number of hydrogen-bond donors (Lipinski definition) is 7. The van der Waals surface area contributed by atoms with Crippen molar-refractivity contribution in [1.82, 2.24) is 9.55 Å². The molecule has 0 spiro atoms. The molecule has 1 saturated heterocycles. The lowest BCUT2D eigenvalue weighted by atomic mass is 10.1. The van der Waals surface area contributed by atoms with Crippen LogP contribution in [0.2, 0.25) is 0 Å². The third-order valence-corrected chi connectivity index (χ3v) is 8.60. The Morgan fingerprint density at radius 1 is 1.00 bits per heavy atom. The zero-order valence-corrected chi connectivity index (χ0v) is 20.6. The number of nitrogens with one attached hydrogen (secondary N) is 1. The van der Waals surface area contributed by atoms with Gasteiger partial charge in [0.05, 0.1) is 12.2 Å². The molecule has 35 heavy (non-hydrogen) atoms. The van der Waals surface area contributed by atoms with E-state index in [1.165, 1.54) is 6.20 Å². The normalized spacial score (nSPS) is 26.2. The standard InChI is InChI=1S/C15H19N2O14P3S/c18-11-10(7-28-33(24,25)31-34(26,27)30-32(21,22)23)29-14(12(11)19)17-6-9(13(20)16-15(17)35)8-4-2-1-3-5-8/h1-6,10-12,14,18-19H,7H2,(H,24,25)(H,26,27)(H,16,20,35)(H2,21,22,23)/t10-,11-,12-,14-/m1/s1. The molecule has 7 N–H and O–H groups in total. The van der Waals surface area contributed by atoms with Crippen LogP contribution in [0.1, 0.15) is 6.23 Å². The van der Waals surface area contributed by atoms with Gasteiger partial charge in [0.1, 0.15) is 18.3 Å². The number of hydrogen-bond acceptors (Lipinski definition) is 11. The van der Waals surface area contributed by atoms with Crippen LogP contribution >= 0.6 is 35.7 Å². The van der Waals surface area contributed by atoms with Crippen LogP contribution in [0.5, 0.6) is 0 Å². The average molecular weight is 576 g/mol. The summed E-state index contributed by atoms with van der Waals surface area (Å²) in [5.41, 5.74) is 0.130. The maximum atomic E-state index is 12.3. The van der Waals surface area contributed by atoms with Gasteiger partial charge in [0, 0.05) is 6.20 Å². The van der Waals surface area contributed by atoms with Crippen molar-refractivity contribution in [1.29, 1.82) is 0 Å². The second kappa shape index (κ2) is 10.5. The van der Waals surface area contributed by atoms with Crippen molar-refractivity contribution in [2.24, 2.45) is 0 Å². The maximum absolute atomic E-state index is 12.3. The molecule has 20 heteroatoms. The number of ether oxygens (including phenoxy) is 1. The Bertz CT molecular complexity index is 1330. The lowest BCUT2D eigenvalue weighted by Crippen LogP contribution is -2.34. The summed E-state index contributed by atoms with van der Waals surface area (Å²) in [4.78, 5) is 50.6. The predicted octanol–water partition coefficient (Wildman–Crippen LogP) is 0.535. The molecular formula is C15H19N2O14P3S. The highest BCUT2D eigenvalue weighted by molar-refractivity contribution is 7.71. The van der Waals surface area contributed by atoms with Crippen molar-refractivity contribution in [2.45, 2.75) is 24.5 Å². The van der Waals surface area contributed by atoms with Crippen molar-refractivity contribution >= 4 is 35.7 Å². The molecule has 2 unspecified atom stereocenters. The van der Waals surface area contributed by atoms with Gasteiger partial charge in [-0.25, -0.2) is 13.7 Å². The van der Waals surface area contributed by atoms with E-state index in [-0.39, 0.29) is 10.3 Å². The fraction of sp³-hybridized carbons (Fsp3) is 0.333. The van der Waals surface area contributed by atoms with E-state index in [0.29, 0.717) is 5.56 Å². The summed E-state index contributed by atoms with van der Waals surface area (Å²) in [5, 5.41) is 20.7. The molecule has 1 fully saturated rings. The first-order valence-corrected chi connectivity index (χ1v) is 14.2. The Hall–Kier alpha value is -1.39. The number of nitrogens with zero attached hydrogens (tertiary/aromatic N) is 1. The van der Waals surface area contributed by atoms with Gasteiger partial charge in [-0.2, -0.15) is 8.62 Å². The molecule has 0 saturated carbocycles. The van der Waals surface area contributed by atoms with E-state index in [2.05, 4.69) is 18.1 Å². The molecule has 1 aliphatic heterocycles. The molecular weight excluding hydrogens is 557 g/mol. The first-order valence-electron chi connectivity index (χ1n) is 9.29. The Morgan fingerprint density at radius 2 is 1.63 bits per heavy atom. The number of benzene rings is 1. The summed E-state index contributed by atoms with van der Waals surface area (Å²) in [6.45, 7) is -0.999. The molecule has 2 aromatic rings. The van der Waals surface area contributed by atoms with Crippen LogP contribution in [-0.4, -0.2) is 64.3 Å². The summed E-state index contributed by atoms with van der Waals surface area (Å²) in [6, 6.07) is 8.39. The highest BCUT2D eigenvalue weighted by Gasteiger charge is 2.46. The zero-order chi connectivity index (χ0) is 26.2. The van der Waals surface area contributed by atoms with Crippen molar-refractivity contribution in [3.63, 3.8) is 0 Å². The molecule has 1 aliphatic rings. The van der Waals surface area contributed by atoms with Gasteiger partial charge >= 0.3 is 23.5 Å². The van der Waals surface area contributed by atoms with Crippen molar-refractivity contribution in [3.8, 4) is 11.1 Å². The highest BCUT2D eigenvalue weighted by Crippen LogP contribution is 2.66.